The molecule has 0 bridgehead atoms. The summed E-state index contributed by atoms with van der Waals surface area (Å²) in [5, 5.41) is 13.4. The molecule has 4 heterocycles. The van der Waals surface area contributed by atoms with E-state index in [1.807, 2.05) is 31.3 Å². The van der Waals surface area contributed by atoms with Crippen LogP contribution in [0.2, 0.25) is 0 Å². The van der Waals surface area contributed by atoms with Crippen molar-refractivity contribution in [3.05, 3.63) is 65.8 Å². The summed E-state index contributed by atoms with van der Waals surface area (Å²) in [6, 6.07) is 8.02. The highest BCUT2D eigenvalue weighted by Crippen LogP contribution is 2.34. The lowest BCUT2D eigenvalue weighted by Crippen LogP contribution is -1.99. The molecule has 0 aromatic carbocycles. The molecule has 0 spiro atoms. The number of pyridine rings is 1. The molecule has 0 atom stereocenters. The van der Waals surface area contributed by atoms with E-state index in [9.17, 15) is 0 Å². The van der Waals surface area contributed by atoms with Crippen LogP contribution in [0.25, 0.3) is 28.3 Å². The molecule has 0 aliphatic heterocycles. The van der Waals surface area contributed by atoms with E-state index in [-0.39, 0.29) is 0 Å². The van der Waals surface area contributed by atoms with Gasteiger partial charge in [0, 0.05) is 55.5 Å². The van der Waals surface area contributed by atoms with Gasteiger partial charge in [0.15, 0.2) is 0 Å². The molecule has 0 radical (unpaired) electrons. The van der Waals surface area contributed by atoms with Gasteiger partial charge in [-0.2, -0.15) is 0 Å². The number of hydrogen-bond acceptors (Lipinski definition) is 8. The molecule has 0 saturated heterocycles. The quantitative estimate of drug-likeness (QED) is 0.446. The van der Waals surface area contributed by atoms with E-state index in [1.54, 1.807) is 43.2 Å². The predicted molar refractivity (Wildman–Crippen MR) is 128 cm³/mol. The maximum Gasteiger partial charge on any atom is 0.234 e. The van der Waals surface area contributed by atoms with Gasteiger partial charge in [-0.05, 0) is 37.9 Å². The highest BCUT2D eigenvalue weighted by atomic mass is 32.1. The Morgan fingerprint density at radius 3 is 2.81 bits per heavy atom. The van der Waals surface area contributed by atoms with E-state index in [1.165, 1.54) is 0 Å². The largest absolute Gasteiger partial charge is 0.400 e. The number of aryl methyl sites for hydroxylation is 1. The molecule has 4 aromatic rings. The zero-order valence-electron chi connectivity index (χ0n) is 17.5. The van der Waals surface area contributed by atoms with Gasteiger partial charge in [0.05, 0.1) is 34.0 Å². The number of thiophene rings is 1. The van der Waals surface area contributed by atoms with Crippen molar-refractivity contribution in [3.8, 4) is 22.5 Å². The summed E-state index contributed by atoms with van der Waals surface area (Å²) >= 11 is 1.60. The molecule has 0 aliphatic rings. The first-order valence-electron chi connectivity index (χ1n) is 9.34. The van der Waals surface area contributed by atoms with Crippen LogP contribution in [0.4, 0.5) is 5.00 Å². The van der Waals surface area contributed by atoms with E-state index in [0.717, 1.165) is 46.0 Å². The Morgan fingerprint density at radius 2 is 2.10 bits per heavy atom. The van der Waals surface area contributed by atoms with Crippen LogP contribution < -0.4 is 5.32 Å². The number of anilines is 1. The van der Waals surface area contributed by atoms with E-state index in [0.29, 0.717) is 5.78 Å². The molecule has 4 aromatic heterocycles. The SMILES string of the molecule is C=N/C=C(\C=NC)Nc1cc(-c2c(C)nc3nccc(-c4cccnc4)n23)cs1.CO. The van der Waals surface area contributed by atoms with Crippen LogP contribution in [0.1, 0.15) is 5.69 Å². The number of aliphatic imine (C=N–C) groups is 2. The van der Waals surface area contributed by atoms with Crippen molar-refractivity contribution >= 4 is 35.0 Å². The molecule has 0 fully saturated rings. The number of fused-ring (bicyclic) bond motifs is 1. The van der Waals surface area contributed by atoms with Crippen molar-refractivity contribution in [2.24, 2.45) is 9.98 Å². The second-order valence-electron chi connectivity index (χ2n) is 6.23. The number of hydrogen-bond donors (Lipinski definition) is 2. The fourth-order valence-electron chi connectivity index (χ4n) is 3.16. The van der Waals surface area contributed by atoms with Crippen molar-refractivity contribution < 1.29 is 5.11 Å². The lowest BCUT2D eigenvalue weighted by atomic mass is 10.1. The fourth-order valence-corrected chi connectivity index (χ4v) is 3.97. The third-order valence-electron chi connectivity index (χ3n) is 4.29. The summed E-state index contributed by atoms with van der Waals surface area (Å²) in [5.74, 6) is 0.661. The van der Waals surface area contributed by atoms with Crippen molar-refractivity contribution in [3.63, 3.8) is 0 Å². The first-order chi connectivity index (χ1) is 15.2. The van der Waals surface area contributed by atoms with E-state index >= 15 is 0 Å². The monoisotopic (exact) mass is 433 g/mol. The number of aliphatic hydroxyl groups excluding tert-OH is 1. The van der Waals surface area contributed by atoms with Crippen LogP contribution in [-0.2, 0) is 0 Å². The van der Waals surface area contributed by atoms with Gasteiger partial charge in [0.2, 0.25) is 5.78 Å². The highest BCUT2D eigenvalue weighted by Gasteiger charge is 2.17. The summed E-state index contributed by atoms with van der Waals surface area (Å²) in [7, 11) is 2.72. The lowest BCUT2D eigenvalue weighted by molar-refractivity contribution is 0.399. The minimum atomic E-state index is 0.661. The van der Waals surface area contributed by atoms with E-state index < -0.39 is 0 Å². The van der Waals surface area contributed by atoms with Gasteiger partial charge < -0.3 is 10.4 Å². The Hall–Kier alpha value is -3.69. The number of nitrogens with one attached hydrogen (secondary N) is 1. The molecule has 2 N–H and O–H groups in total. The van der Waals surface area contributed by atoms with Gasteiger partial charge in [0.25, 0.3) is 0 Å². The van der Waals surface area contributed by atoms with Crippen LogP contribution in [-0.4, -0.2) is 51.5 Å². The third-order valence-corrected chi connectivity index (χ3v) is 5.14. The zero-order valence-corrected chi connectivity index (χ0v) is 18.3. The molecule has 31 heavy (non-hydrogen) atoms. The van der Waals surface area contributed by atoms with Crippen molar-refractivity contribution in [1.29, 1.82) is 0 Å². The maximum absolute atomic E-state index is 7.00. The lowest BCUT2D eigenvalue weighted by Gasteiger charge is -2.08. The van der Waals surface area contributed by atoms with Crippen molar-refractivity contribution in [2.45, 2.75) is 6.92 Å². The van der Waals surface area contributed by atoms with E-state index in [2.05, 4.69) is 52.8 Å². The normalized spacial score (nSPS) is 11.4. The maximum atomic E-state index is 7.00. The Bertz CT molecular complexity index is 1230. The van der Waals surface area contributed by atoms with Gasteiger partial charge in [-0.1, -0.05) is 0 Å². The molecule has 8 nitrogen and oxygen atoms in total. The Balaban J connectivity index is 0.00000132. The van der Waals surface area contributed by atoms with Gasteiger partial charge >= 0.3 is 0 Å². The average Bonchev–Trinajstić information content (AvgIpc) is 3.39. The summed E-state index contributed by atoms with van der Waals surface area (Å²) in [6.07, 6.45) is 8.73. The molecular formula is C22H23N7OS. The summed E-state index contributed by atoms with van der Waals surface area (Å²) in [5.41, 5.74) is 5.75. The first-order valence-corrected chi connectivity index (χ1v) is 10.2. The number of allylic oxidation sites excluding steroid dienone is 1. The summed E-state index contributed by atoms with van der Waals surface area (Å²) in [4.78, 5) is 21.2. The minimum absolute atomic E-state index is 0.661. The molecule has 0 amide bonds. The predicted octanol–water partition coefficient (Wildman–Crippen LogP) is 4.09. The molecule has 0 unspecified atom stereocenters. The van der Waals surface area contributed by atoms with Crippen molar-refractivity contribution in [1.82, 2.24) is 19.4 Å². The summed E-state index contributed by atoms with van der Waals surface area (Å²) < 4.78 is 2.08. The Labute approximate surface area is 184 Å². The highest BCUT2D eigenvalue weighted by molar-refractivity contribution is 7.14. The Morgan fingerprint density at radius 1 is 1.26 bits per heavy atom. The summed E-state index contributed by atoms with van der Waals surface area (Å²) in [6.45, 7) is 5.50. The second kappa shape index (κ2) is 10.4. The van der Waals surface area contributed by atoms with E-state index in [4.69, 9.17) is 5.11 Å². The fraction of sp³-hybridized carbons (Fsp3) is 0.136. The van der Waals surface area contributed by atoms with Gasteiger partial charge in [-0.15, -0.1) is 11.3 Å². The van der Waals surface area contributed by atoms with Gasteiger partial charge in [-0.3, -0.25) is 19.4 Å². The van der Waals surface area contributed by atoms with Gasteiger partial charge in [0.1, 0.15) is 0 Å². The number of aromatic nitrogens is 4. The zero-order chi connectivity index (χ0) is 22.2. The van der Waals surface area contributed by atoms with Crippen LogP contribution in [0.3, 0.4) is 0 Å². The number of nitrogens with zero attached hydrogens (tertiary/aromatic N) is 6. The molecule has 0 saturated carbocycles. The van der Waals surface area contributed by atoms with Gasteiger partial charge in [-0.25, -0.2) is 9.97 Å². The first kappa shape index (κ1) is 22.0. The number of rotatable bonds is 6. The number of aliphatic hydroxyl groups is 1. The van der Waals surface area contributed by atoms with Crippen LogP contribution in [0.15, 0.2) is 70.1 Å². The molecule has 4 rings (SSSR count). The molecule has 0 aliphatic carbocycles. The second-order valence-corrected chi connectivity index (χ2v) is 7.14. The van der Waals surface area contributed by atoms with Crippen molar-refractivity contribution in [2.75, 3.05) is 19.5 Å². The smallest absolute Gasteiger partial charge is 0.234 e. The Kier molecular flexibility index (Phi) is 7.36. The molecule has 158 valence electrons. The van der Waals surface area contributed by atoms with Crippen LogP contribution >= 0.6 is 11.3 Å². The van der Waals surface area contributed by atoms with Crippen LogP contribution in [0.5, 0.6) is 0 Å². The standard InChI is InChI=1S/C21H19N7S.CH4O/c1-14-20(16-9-19(29-13-16)27-17(11-22-2)12-23-3)28-18(6-8-25-21(28)26-14)15-5-4-7-24-10-15;1-2/h4-13,27H,2H2,1,3H3;2H,1H3/b17-11+,23-12?;. The topological polar surface area (TPSA) is 100 Å². The minimum Gasteiger partial charge on any atom is -0.400 e. The average molecular weight is 434 g/mol. The number of imidazole rings is 1. The molecule has 9 heteroatoms. The van der Waals surface area contributed by atoms with Crippen LogP contribution in [0, 0.1) is 6.92 Å². The third kappa shape index (κ3) is 4.73. The molecular weight excluding hydrogens is 410 g/mol.